The standard InChI is InChI=1S/C14H23N3O/c1-4-13(15)8-14(18)17(11(2)3)10-12-6-5-7-16-9-12/h5-7,9,11,13H,4,8,10,15H2,1-3H3. The minimum Gasteiger partial charge on any atom is -0.336 e. The number of hydrogen-bond acceptors (Lipinski definition) is 3. The van der Waals surface area contributed by atoms with E-state index in [1.165, 1.54) is 0 Å². The maximum atomic E-state index is 12.2. The van der Waals surface area contributed by atoms with Gasteiger partial charge in [0.2, 0.25) is 5.91 Å². The van der Waals surface area contributed by atoms with Crippen LogP contribution in [0.15, 0.2) is 24.5 Å². The summed E-state index contributed by atoms with van der Waals surface area (Å²) < 4.78 is 0. The lowest BCUT2D eigenvalue weighted by Crippen LogP contribution is -2.39. The van der Waals surface area contributed by atoms with E-state index in [0.717, 1.165) is 12.0 Å². The van der Waals surface area contributed by atoms with Gasteiger partial charge in [0.15, 0.2) is 0 Å². The van der Waals surface area contributed by atoms with E-state index in [9.17, 15) is 4.79 Å². The maximum absolute atomic E-state index is 12.2. The molecule has 0 spiro atoms. The molecule has 0 bridgehead atoms. The molecule has 1 atom stereocenters. The number of nitrogens with zero attached hydrogens (tertiary/aromatic N) is 2. The number of nitrogens with two attached hydrogens (primary N) is 1. The van der Waals surface area contributed by atoms with Crippen molar-refractivity contribution in [2.45, 2.75) is 52.2 Å². The molecule has 18 heavy (non-hydrogen) atoms. The number of carbonyl (C=O) groups excluding carboxylic acids is 1. The molecule has 100 valence electrons. The molecule has 2 N–H and O–H groups in total. The Morgan fingerprint density at radius 1 is 1.50 bits per heavy atom. The second-order valence-electron chi connectivity index (χ2n) is 4.85. The number of rotatable bonds is 6. The Kier molecular flexibility index (Phi) is 5.78. The molecule has 0 radical (unpaired) electrons. The van der Waals surface area contributed by atoms with Gasteiger partial charge in [-0.1, -0.05) is 13.0 Å². The molecule has 4 heteroatoms. The van der Waals surface area contributed by atoms with Crippen molar-refractivity contribution in [2.75, 3.05) is 0 Å². The Morgan fingerprint density at radius 3 is 2.72 bits per heavy atom. The average molecular weight is 249 g/mol. The zero-order chi connectivity index (χ0) is 13.5. The zero-order valence-corrected chi connectivity index (χ0v) is 11.5. The van der Waals surface area contributed by atoms with Gasteiger partial charge in [-0.05, 0) is 31.9 Å². The Morgan fingerprint density at radius 2 is 2.22 bits per heavy atom. The van der Waals surface area contributed by atoms with Gasteiger partial charge < -0.3 is 10.6 Å². The van der Waals surface area contributed by atoms with Gasteiger partial charge in [-0.2, -0.15) is 0 Å². The quantitative estimate of drug-likeness (QED) is 0.838. The van der Waals surface area contributed by atoms with Crippen molar-refractivity contribution >= 4 is 5.91 Å². The third kappa shape index (κ3) is 4.45. The summed E-state index contributed by atoms with van der Waals surface area (Å²) in [6.07, 6.45) is 4.76. The maximum Gasteiger partial charge on any atom is 0.224 e. The van der Waals surface area contributed by atoms with Crippen LogP contribution in [-0.4, -0.2) is 27.9 Å². The number of pyridine rings is 1. The number of carbonyl (C=O) groups is 1. The molecule has 0 aromatic carbocycles. The van der Waals surface area contributed by atoms with E-state index < -0.39 is 0 Å². The minimum absolute atomic E-state index is 0.0485. The molecule has 1 aromatic heterocycles. The monoisotopic (exact) mass is 249 g/mol. The minimum atomic E-state index is -0.0485. The van der Waals surface area contributed by atoms with Crippen LogP contribution < -0.4 is 5.73 Å². The summed E-state index contributed by atoms with van der Waals surface area (Å²) in [5, 5.41) is 0. The number of aromatic nitrogens is 1. The highest BCUT2D eigenvalue weighted by Gasteiger charge is 2.19. The highest BCUT2D eigenvalue weighted by atomic mass is 16.2. The molecule has 0 saturated heterocycles. The van der Waals surface area contributed by atoms with Crippen molar-refractivity contribution in [1.29, 1.82) is 0 Å². The highest BCUT2D eigenvalue weighted by Crippen LogP contribution is 2.10. The third-order valence-electron chi connectivity index (χ3n) is 2.98. The van der Waals surface area contributed by atoms with Crippen LogP contribution in [0.2, 0.25) is 0 Å². The topological polar surface area (TPSA) is 59.2 Å². The van der Waals surface area contributed by atoms with E-state index in [2.05, 4.69) is 4.98 Å². The van der Waals surface area contributed by atoms with Crippen LogP contribution in [0.5, 0.6) is 0 Å². The first-order valence-electron chi connectivity index (χ1n) is 6.48. The van der Waals surface area contributed by atoms with Gasteiger partial charge in [0, 0.05) is 37.4 Å². The summed E-state index contributed by atoms with van der Waals surface area (Å²) in [5.74, 6) is 0.114. The van der Waals surface area contributed by atoms with Gasteiger partial charge in [0.1, 0.15) is 0 Å². The largest absolute Gasteiger partial charge is 0.336 e. The summed E-state index contributed by atoms with van der Waals surface area (Å²) in [4.78, 5) is 18.1. The van der Waals surface area contributed by atoms with E-state index in [1.54, 1.807) is 12.4 Å². The van der Waals surface area contributed by atoms with E-state index >= 15 is 0 Å². The van der Waals surface area contributed by atoms with Gasteiger partial charge in [-0.25, -0.2) is 0 Å². The van der Waals surface area contributed by atoms with Crippen molar-refractivity contribution < 1.29 is 4.79 Å². The normalized spacial score (nSPS) is 12.5. The van der Waals surface area contributed by atoms with Crippen LogP contribution in [0.25, 0.3) is 0 Å². The van der Waals surface area contributed by atoms with Crippen LogP contribution >= 0.6 is 0 Å². The van der Waals surface area contributed by atoms with Gasteiger partial charge >= 0.3 is 0 Å². The molecule has 4 nitrogen and oxygen atoms in total. The van der Waals surface area contributed by atoms with E-state index in [-0.39, 0.29) is 18.0 Å². The summed E-state index contributed by atoms with van der Waals surface area (Å²) in [6, 6.07) is 3.99. The predicted octanol–water partition coefficient (Wildman–Crippen LogP) is 1.95. The first kappa shape index (κ1) is 14.6. The molecule has 0 saturated carbocycles. The first-order valence-corrected chi connectivity index (χ1v) is 6.48. The summed E-state index contributed by atoms with van der Waals surface area (Å²) in [7, 11) is 0. The molecule has 0 aliphatic rings. The number of hydrogen-bond donors (Lipinski definition) is 1. The SMILES string of the molecule is CCC(N)CC(=O)N(Cc1cccnc1)C(C)C. The van der Waals surface area contributed by atoms with Crippen molar-refractivity contribution in [3.05, 3.63) is 30.1 Å². The van der Waals surface area contributed by atoms with Gasteiger partial charge in [0.05, 0.1) is 0 Å². The molecule has 1 rings (SSSR count). The Labute approximate surface area is 109 Å². The highest BCUT2D eigenvalue weighted by molar-refractivity contribution is 5.77. The Balaban J connectivity index is 2.68. The van der Waals surface area contributed by atoms with Crippen molar-refractivity contribution in [3.63, 3.8) is 0 Å². The molecule has 1 heterocycles. The van der Waals surface area contributed by atoms with Gasteiger partial charge in [-0.3, -0.25) is 9.78 Å². The van der Waals surface area contributed by atoms with E-state index in [0.29, 0.717) is 13.0 Å². The molecule has 0 fully saturated rings. The summed E-state index contributed by atoms with van der Waals surface area (Å²) in [5.41, 5.74) is 6.89. The molecule has 0 aliphatic carbocycles. The zero-order valence-electron chi connectivity index (χ0n) is 11.5. The fourth-order valence-corrected chi connectivity index (χ4v) is 1.73. The fourth-order valence-electron chi connectivity index (χ4n) is 1.73. The van der Waals surface area contributed by atoms with Crippen LogP contribution in [0.4, 0.5) is 0 Å². The average Bonchev–Trinajstić information content (AvgIpc) is 2.36. The van der Waals surface area contributed by atoms with Crippen molar-refractivity contribution in [2.24, 2.45) is 5.73 Å². The Hall–Kier alpha value is -1.42. The second-order valence-corrected chi connectivity index (χ2v) is 4.85. The summed E-state index contributed by atoms with van der Waals surface area (Å²) >= 11 is 0. The van der Waals surface area contributed by atoms with Crippen LogP contribution in [-0.2, 0) is 11.3 Å². The lowest BCUT2D eigenvalue weighted by atomic mass is 10.1. The first-order chi connectivity index (χ1) is 8.54. The third-order valence-corrected chi connectivity index (χ3v) is 2.98. The molecule has 1 unspecified atom stereocenters. The molecule has 1 aromatic rings. The van der Waals surface area contributed by atoms with Crippen LogP contribution in [0, 0.1) is 0 Å². The predicted molar refractivity (Wildman–Crippen MR) is 72.8 cm³/mol. The smallest absolute Gasteiger partial charge is 0.224 e. The molecular weight excluding hydrogens is 226 g/mol. The van der Waals surface area contributed by atoms with Crippen molar-refractivity contribution in [3.8, 4) is 0 Å². The number of amides is 1. The van der Waals surface area contributed by atoms with E-state index in [4.69, 9.17) is 5.73 Å². The summed E-state index contributed by atoms with van der Waals surface area (Å²) in [6.45, 7) is 6.64. The lowest BCUT2D eigenvalue weighted by Gasteiger charge is -2.28. The Bertz CT molecular complexity index is 365. The van der Waals surface area contributed by atoms with E-state index in [1.807, 2.05) is 37.8 Å². The molecule has 1 amide bonds. The fraction of sp³-hybridized carbons (Fsp3) is 0.571. The van der Waals surface area contributed by atoms with Crippen molar-refractivity contribution in [1.82, 2.24) is 9.88 Å². The molecular formula is C14H23N3O. The van der Waals surface area contributed by atoms with Crippen LogP contribution in [0.3, 0.4) is 0 Å². The lowest BCUT2D eigenvalue weighted by molar-refractivity contribution is -0.133. The second kappa shape index (κ2) is 7.11. The van der Waals surface area contributed by atoms with Crippen LogP contribution in [0.1, 0.15) is 39.2 Å². The van der Waals surface area contributed by atoms with Gasteiger partial charge in [0.25, 0.3) is 0 Å². The molecule has 0 aliphatic heterocycles. The van der Waals surface area contributed by atoms with Gasteiger partial charge in [-0.15, -0.1) is 0 Å².